The summed E-state index contributed by atoms with van der Waals surface area (Å²) in [5, 5.41) is 0. The van der Waals surface area contributed by atoms with Crippen LogP contribution in [-0.2, 0) is 0 Å². The fraction of sp³-hybridized carbons (Fsp3) is 0. The van der Waals surface area contributed by atoms with E-state index in [2.05, 4.69) is 0 Å². The third-order valence-corrected chi connectivity index (χ3v) is 0. The number of nitrogens with zero attached hydrogens (tertiary/aromatic N) is 2. The normalized spacial score (nSPS) is 2.00. The van der Waals surface area contributed by atoms with E-state index in [0.29, 0.717) is 0 Å². The van der Waals surface area contributed by atoms with Gasteiger partial charge in [0.1, 0.15) is 0 Å². The van der Waals surface area contributed by atoms with E-state index in [-0.39, 0.29) is 51.4 Å². The van der Waals surface area contributed by atoms with Gasteiger partial charge >= 0.3 is 0 Å². The Hall–Kier alpha value is 0.946. The second-order valence-electron chi connectivity index (χ2n) is 0.100. The molecule has 1 radical (unpaired) electrons. The van der Waals surface area contributed by atoms with Gasteiger partial charge in [-0.25, -0.2) is 0 Å². The van der Waals surface area contributed by atoms with Crippen LogP contribution < -0.4 is 0 Å². The van der Waals surface area contributed by atoms with Crippen molar-refractivity contribution in [2.24, 2.45) is 0 Å². The van der Waals surface area contributed by atoms with Gasteiger partial charge in [-0.1, -0.05) is 0 Å². The second-order valence-corrected chi connectivity index (χ2v) is 0.100. The van der Waals surface area contributed by atoms with E-state index >= 15 is 0 Å². The van der Waals surface area contributed by atoms with Crippen LogP contribution >= 0.6 is 0 Å². The van der Waals surface area contributed by atoms with Gasteiger partial charge in [0.15, 0.2) is 0 Å². The zero-order valence-corrected chi connectivity index (χ0v) is 5.52. The molecule has 0 unspecified atom stereocenters. The summed E-state index contributed by atoms with van der Waals surface area (Å²) < 4.78 is 0. The Morgan fingerprint density at radius 2 is 1.75 bits per heavy atom. The maximum absolute atomic E-state index is 6.86. The molecular weight excluding hydrogens is 81.1 g/mol. The minimum Gasteiger partial charge on any atom is -0.108 e. The third-order valence-electron chi connectivity index (χ3n) is 0. The number of hydrogen-bond acceptors (Lipinski definition) is 1. The molecule has 4 heteroatoms. The van der Waals surface area contributed by atoms with Crippen molar-refractivity contribution in [2.75, 3.05) is 0 Å². The van der Waals surface area contributed by atoms with Crippen LogP contribution in [0.1, 0.15) is 0 Å². The van der Waals surface area contributed by atoms with E-state index in [1.54, 1.807) is 4.91 Å². The van der Waals surface area contributed by atoms with Gasteiger partial charge < -0.3 is 0 Å². The first kappa shape index (κ1) is 8.87. The summed E-state index contributed by atoms with van der Waals surface area (Å²) in [4.78, 5) is 1.75. The smallest absolute Gasteiger partial charge is 0 e. The van der Waals surface area contributed by atoms with E-state index in [4.69, 9.17) is 11.1 Å². The van der Waals surface area contributed by atoms with Gasteiger partial charge in [-0.2, -0.15) is 0 Å². The second kappa shape index (κ2) is 9.04. The summed E-state index contributed by atoms with van der Waals surface area (Å²) in [6.45, 7) is 0. The van der Waals surface area contributed by atoms with E-state index in [1.165, 1.54) is 0 Å². The van der Waals surface area contributed by atoms with Gasteiger partial charge in [0.2, 0.25) is 0 Å². The van der Waals surface area contributed by atoms with E-state index in [1.807, 2.05) is 0 Å². The standard InChI is InChI=1S/K.HN3/c;1-3-2/h;1H. The Morgan fingerprint density at radius 3 is 1.75 bits per heavy atom. The Kier molecular flexibility index (Phi) is 20.1. The van der Waals surface area contributed by atoms with Gasteiger partial charge in [0.05, 0.1) is 0 Å². The quantitative estimate of drug-likeness (QED) is 0.191. The van der Waals surface area contributed by atoms with Crippen molar-refractivity contribution in [3.8, 4) is 0 Å². The summed E-state index contributed by atoms with van der Waals surface area (Å²) in [5.74, 6) is 0. The molecule has 0 spiro atoms. The van der Waals surface area contributed by atoms with Crippen molar-refractivity contribution in [3.63, 3.8) is 0 Å². The van der Waals surface area contributed by atoms with Crippen LogP contribution in [0.3, 0.4) is 0 Å². The largest absolute Gasteiger partial charge is 0.108 e. The van der Waals surface area contributed by atoms with Crippen LogP contribution in [0.25, 0.3) is 10.4 Å². The molecule has 17 valence electrons. The van der Waals surface area contributed by atoms with Crippen molar-refractivity contribution < 1.29 is 0 Å². The topological polar surface area (TPSA) is 60.3 Å². The van der Waals surface area contributed by atoms with Crippen molar-refractivity contribution in [3.05, 3.63) is 10.4 Å². The van der Waals surface area contributed by atoms with Gasteiger partial charge in [0, 0.05) is 51.4 Å². The Labute approximate surface area is 66.2 Å². The van der Waals surface area contributed by atoms with Crippen molar-refractivity contribution in [1.29, 1.82) is 5.53 Å². The van der Waals surface area contributed by atoms with Crippen LogP contribution in [0.2, 0.25) is 0 Å². The van der Waals surface area contributed by atoms with Gasteiger partial charge in [-0.05, 0) is 10.4 Å². The van der Waals surface area contributed by atoms with Gasteiger partial charge in [-0.15, -0.1) is 5.53 Å². The molecule has 0 amide bonds. The SMILES string of the molecule is [K].[N-]=[N+]=N. The first-order chi connectivity index (χ1) is 1.41. The summed E-state index contributed by atoms with van der Waals surface area (Å²) in [5.41, 5.74) is 12.2. The predicted molar refractivity (Wildman–Crippen MR) is 15.2 cm³/mol. The molecule has 0 bridgehead atoms. The molecule has 0 aromatic heterocycles. The fourth-order valence-corrected chi connectivity index (χ4v) is 0. The van der Waals surface area contributed by atoms with Gasteiger partial charge in [-0.3, -0.25) is 0 Å². The molecule has 0 saturated carbocycles. The minimum atomic E-state index is 0. The molecule has 1 N–H and O–H groups in total. The van der Waals surface area contributed by atoms with Crippen molar-refractivity contribution >= 4 is 51.4 Å². The molecule has 0 saturated heterocycles. The van der Waals surface area contributed by atoms with Crippen molar-refractivity contribution in [1.82, 2.24) is 0 Å². The zero-order chi connectivity index (χ0) is 2.71. The average molecular weight is 82.1 g/mol. The molecule has 0 aliphatic heterocycles. The number of hydrogen-bond donors (Lipinski definition) is 1. The summed E-state index contributed by atoms with van der Waals surface area (Å²) in [6.07, 6.45) is 0. The number of rotatable bonds is 0. The van der Waals surface area contributed by atoms with E-state index in [0.717, 1.165) is 0 Å². The monoisotopic (exact) mass is 82.0 g/mol. The minimum absolute atomic E-state index is 0. The molecule has 4 heavy (non-hydrogen) atoms. The summed E-state index contributed by atoms with van der Waals surface area (Å²) >= 11 is 0. The molecule has 0 aromatic carbocycles. The molecule has 0 aliphatic rings. The average Bonchev–Trinajstić information content (AvgIpc) is 0.918. The van der Waals surface area contributed by atoms with Crippen LogP contribution in [0, 0.1) is 5.53 Å². The molecule has 3 nitrogen and oxygen atoms in total. The van der Waals surface area contributed by atoms with Crippen LogP contribution in [0.5, 0.6) is 0 Å². The van der Waals surface area contributed by atoms with Crippen molar-refractivity contribution in [2.45, 2.75) is 0 Å². The maximum Gasteiger partial charge on any atom is 0 e. The molecule has 0 fully saturated rings. The molecule has 0 aromatic rings. The molecule has 0 atom stereocenters. The molecule has 0 heterocycles. The van der Waals surface area contributed by atoms with Gasteiger partial charge in [0.25, 0.3) is 0 Å². The summed E-state index contributed by atoms with van der Waals surface area (Å²) in [7, 11) is 0. The predicted octanol–water partition coefficient (Wildman–Crippen LogP) is 0.495. The zero-order valence-electron chi connectivity index (χ0n) is 2.39. The van der Waals surface area contributed by atoms with E-state index in [9.17, 15) is 0 Å². The molecule has 0 aliphatic carbocycles. The first-order valence-electron chi connectivity index (χ1n) is 0.424. The third kappa shape index (κ3) is 12.5. The first-order valence-corrected chi connectivity index (χ1v) is 0.424. The van der Waals surface area contributed by atoms with Crippen LogP contribution in [0.4, 0.5) is 0 Å². The molecule has 0 rings (SSSR count). The molecular formula is HKN3. The Bertz CT molecular complexity index is 24.3. The van der Waals surface area contributed by atoms with Crippen LogP contribution in [0.15, 0.2) is 0 Å². The number of nitrogens with one attached hydrogen (secondary N) is 1. The van der Waals surface area contributed by atoms with Crippen LogP contribution in [-0.4, -0.2) is 51.4 Å². The fourth-order valence-electron chi connectivity index (χ4n) is 0. The summed E-state index contributed by atoms with van der Waals surface area (Å²) in [6, 6.07) is 0. The maximum atomic E-state index is 6.86. The van der Waals surface area contributed by atoms with E-state index < -0.39 is 0 Å². The Morgan fingerprint density at radius 1 is 1.75 bits per heavy atom. The Balaban J connectivity index is 0.